The van der Waals surface area contributed by atoms with Crippen LogP contribution in [0.15, 0.2) is 12.4 Å². The third kappa shape index (κ3) is 2.71. The molecule has 3 unspecified atom stereocenters. The molecule has 0 amide bonds. The lowest BCUT2D eigenvalue weighted by Crippen LogP contribution is -2.32. The zero-order valence-electron chi connectivity index (χ0n) is 12.3. The van der Waals surface area contributed by atoms with Gasteiger partial charge in [-0.05, 0) is 43.6 Å². The van der Waals surface area contributed by atoms with E-state index in [1.807, 2.05) is 6.20 Å². The van der Waals surface area contributed by atoms with Crippen molar-refractivity contribution in [1.29, 1.82) is 0 Å². The SMILES string of the molecule is CCNC(CCc1nccn1C)C1C2CCCCC21. The van der Waals surface area contributed by atoms with Crippen molar-refractivity contribution < 1.29 is 0 Å². The van der Waals surface area contributed by atoms with Gasteiger partial charge in [-0.25, -0.2) is 4.98 Å². The summed E-state index contributed by atoms with van der Waals surface area (Å²) in [6, 6.07) is 0.717. The number of rotatable bonds is 6. The molecular weight excluding hydrogens is 234 g/mol. The van der Waals surface area contributed by atoms with E-state index < -0.39 is 0 Å². The first-order valence-electron chi connectivity index (χ1n) is 8.01. The lowest BCUT2D eigenvalue weighted by atomic mass is 10.0. The van der Waals surface area contributed by atoms with Crippen LogP contribution in [0, 0.1) is 17.8 Å². The highest BCUT2D eigenvalue weighted by molar-refractivity contribution is 5.05. The van der Waals surface area contributed by atoms with Crippen LogP contribution in [0.1, 0.15) is 44.9 Å². The van der Waals surface area contributed by atoms with E-state index in [1.165, 1.54) is 37.9 Å². The first-order valence-corrected chi connectivity index (χ1v) is 8.01. The summed E-state index contributed by atoms with van der Waals surface area (Å²) in [6.45, 7) is 3.33. The molecule has 1 aromatic rings. The number of aromatic nitrogens is 2. The molecule has 0 radical (unpaired) electrons. The first kappa shape index (κ1) is 13.2. The number of imidazole rings is 1. The summed E-state index contributed by atoms with van der Waals surface area (Å²) in [6.07, 6.45) is 12.2. The molecule has 0 spiro atoms. The Hall–Kier alpha value is -0.830. The van der Waals surface area contributed by atoms with Crippen LogP contribution < -0.4 is 5.32 Å². The second-order valence-electron chi connectivity index (χ2n) is 6.35. The van der Waals surface area contributed by atoms with Gasteiger partial charge in [-0.15, -0.1) is 0 Å². The Labute approximate surface area is 116 Å². The minimum atomic E-state index is 0.717. The Morgan fingerprint density at radius 1 is 1.37 bits per heavy atom. The average Bonchev–Trinajstić information content (AvgIpc) is 3.01. The molecule has 1 N–H and O–H groups in total. The van der Waals surface area contributed by atoms with Crippen LogP contribution in [0.25, 0.3) is 0 Å². The van der Waals surface area contributed by atoms with Gasteiger partial charge in [0.15, 0.2) is 0 Å². The largest absolute Gasteiger partial charge is 0.338 e. The normalized spacial score (nSPS) is 30.9. The molecule has 1 heterocycles. The molecule has 2 saturated carbocycles. The van der Waals surface area contributed by atoms with Crippen LogP contribution in [-0.2, 0) is 13.5 Å². The smallest absolute Gasteiger partial charge is 0.108 e. The summed E-state index contributed by atoms with van der Waals surface area (Å²) in [4.78, 5) is 4.45. The number of fused-ring (bicyclic) bond motifs is 1. The quantitative estimate of drug-likeness (QED) is 0.853. The Balaban J connectivity index is 1.57. The fraction of sp³-hybridized carbons (Fsp3) is 0.812. The molecular formula is C16H27N3. The molecule has 0 aliphatic heterocycles. The zero-order chi connectivity index (χ0) is 13.2. The van der Waals surface area contributed by atoms with Gasteiger partial charge in [-0.3, -0.25) is 0 Å². The lowest BCUT2D eigenvalue weighted by molar-refractivity contribution is 0.410. The summed E-state index contributed by atoms with van der Waals surface area (Å²) in [5.74, 6) is 4.27. The molecule has 106 valence electrons. The molecule has 2 aliphatic rings. The number of nitrogens with zero attached hydrogens (tertiary/aromatic N) is 2. The second kappa shape index (κ2) is 5.66. The van der Waals surface area contributed by atoms with Crippen LogP contribution in [0.4, 0.5) is 0 Å². The number of hydrogen-bond donors (Lipinski definition) is 1. The summed E-state index contributed by atoms with van der Waals surface area (Å²) >= 11 is 0. The van der Waals surface area contributed by atoms with Crippen LogP contribution >= 0.6 is 0 Å². The Morgan fingerprint density at radius 2 is 2.11 bits per heavy atom. The third-order valence-corrected chi connectivity index (χ3v) is 5.25. The molecule has 19 heavy (non-hydrogen) atoms. The number of aryl methyl sites for hydroxylation is 2. The maximum Gasteiger partial charge on any atom is 0.108 e. The van der Waals surface area contributed by atoms with E-state index in [2.05, 4.69) is 35.0 Å². The number of hydrogen-bond acceptors (Lipinski definition) is 2. The predicted octanol–water partition coefficient (Wildman–Crippen LogP) is 2.77. The molecule has 3 heteroatoms. The van der Waals surface area contributed by atoms with Crippen molar-refractivity contribution in [2.45, 2.75) is 51.5 Å². The van der Waals surface area contributed by atoms with Gasteiger partial charge in [0, 0.05) is 31.9 Å². The molecule has 0 saturated heterocycles. The van der Waals surface area contributed by atoms with E-state index >= 15 is 0 Å². The van der Waals surface area contributed by atoms with Crippen molar-refractivity contribution in [2.75, 3.05) is 6.54 Å². The van der Waals surface area contributed by atoms with Gasteiger partial charge in [0.1, 0.15) is 5.82 Å². The van der Waals surface area contributed by atoms with Crippen molar-refractivity contribution >= 4 is 0 Å². The zero-order valence-corrected chi connectivity index (χ0v) is 12.3. The Kier molecular flexibility index (Phi) is 3.92. The van der Waals surface area contributed by atoms with Crippen molar-refractivity contribution in [3.05, 3.63) is 18.2 Å². The highest BCUT2D eigenvalue weighted by atomic mass is 15.0. The van der Waals surface area contributed by atoms with Gasteiger partial charge in [-0.2, -0.15) is 0 Å². The Morgan fingerprint density at radius 3 is 2.68 bits per heavy atom. The van der Waals surface area contributed by atoms with E-state index in [-0.39, 0.29) is 0 Å². The molecule has 2 aliphatic carbocycles. The summed E-state index contributed by atoms with van der Waals surface area (Å²) in [7, 11) is 2.10. The van der Waals surface area contributed by atoms with Gasteiger partial charge < -0.3 is 9.88 Å². The fourth-order valence-electron chi connectivity index (χ4n) is 4.26. The second-order valence-corrected chi connectivity index (χ2v) is 6.35. The highest BCUT2D eigenvalue weighted by Gasteiger charge is 2.53. The average molecular weight is 261 g/mol. The standard InChI is InChI=1S/C16H27N3/c1-3-17-14(8-9-15-18-10-11-19(15)2)16-12-6-4-5-7-13(12)16/h10-14,16-17H,3-9H2,1-2H3. The van der Waals surface area contributed by atoms with E-state index in [0.717, 1.165) is 36.8 Å². The summed E-state index contributed by atoms with van der Waals surface area (Å²) in [5, 5.41) is 3.75. The first-order chi connectivity index (χ1) is 9.31. The van der Waals surface area contributed by atoms with Crippen molar-refractivity contribution in [1.82, 2.24) is 14.9 Å². The van der Waals surface area contributed by atoms with Crippen LogP contribution in [0.2, 0.25) is 0 Å². The maximum atomic E-state index is 4.45. The van der Waals surface area contributed by atoms with Crippen molar-refractivity contribution in [3.63, 3.8) is 0 Å². The van der Waals surface area contributed by atoms with Crippen LogP contribution in [0.5, 0.6) is 0 Å². The van der Waals surface area contributed by atoms with Crippen LogP contribution in [-0.4, -0.2) is 22.1 Å². The van der Waals surface area contributed by atoms with Gasteiger partial charge in [0.25, 0.3) is 0 Å². The maximum absolute atomic E-state index is 4.45. The van der Waals surface area contributed by atoms with Gasteiger partial charge in [0.2, 0.25) is 0 Å². The van der Waals surface area contributed by atoms with E-state index in [9.17, 15) is 0 Å². The van der Waals surface area contributed by atoms with Gasteiger partial charge in [-0.1, -0.05) is 19.8 Å². The molecule has 0 aromatic carbocycles. The molecule has 3 nitrogen and oxygen atoms in total. The van der Waals surface area contributed by atoms with E-state index in [4.69, 9.17) is 0 Å². The van der Waals surface area contributed by atoms with Gasteiger partial charge >= 0.3 is 0 Å². The molecule has 1 aromatic heterocycles. The van der Waals surface area contributed by atoms with Gasteiger partial charge in [0.05, 0.1) is 0 Å². The number of nitrogens with one attached hydrogen (secondary N) is 1. The lowest BCUT2D eigenvalue weighted by Gasteiger charge is -2.18. The topological polar surface area (TPSA) is 29.9 Å². The molecule has 0 bridgehead atoms. The fourth-order valence-corrected chi connectivity index (χ4v) is 4.26. The van der Waals surface area contributed by atoms with Crippen molar-refractivity contribution in [3.8, 4) is 0 Å². The van der Waals surface area contributed by atoms with E-state index in [1.54, 1.807) is 0 Å². The predicted molar refractivity (Wildman–Crippen MR) is 77.9 cm³/mol. The van der Waals surface area contributed by atoms with E-state index in [0.29, 0.717) is 0 Å². The molecule has 2 fully saturated rings. The van der Waals surface area contributed by atoms with Crippen LogP contribution in [0.3, 0.4) is 0 Å². The minimum Gasteiger partial charge on any atom is -0.338 e. The van der Waals surface area contributed by atoms with Crippen molar-refractivity contribution in [2.24, 2.45) is 24.8 Å². The monoisotopic (exact) mass is 261 g/mol. The summed E-state index contributed by atoms with van der Waals surface area (Å²) < 4.78 is 2.16. The molecule has 3 atom stereocenters. The molecule has 3 rings (SSSR count). The third-order valence-electron chi connectivity index (χ3n) is 5.25. The highest BCUT2D eigenvalue weighted by Crippen LogP contribution is 2.57. The summed E-state index contributed by atoms with van der Waals surface area (Å²) in [5.41, 5.74) is 0. The Bertz CT molecular complexity index is 400. The minimum absolute atomic E-state index is 0.717.